The molecule has 3 rings (SSSR count). The number of aryl methyl sites for hydroxylation is 1. The van der Waals surface area contributed by atoms with Gasteiger partial charge in [-0.2, -0.15) is 5.10 Å². The molecule has 3 heterocycles. The molecule has 7 nitrogen and oxygen atoms in total. The van der Waals surface area contributed by atoms with E-state index in [9.17, 15) is 14.7 Å². The molecule has 23 heavy (non-hydrogen) atoms. The van der Waals surface area contributed by atoms with E-state index in [4.69, 9.17) is 0 Å². The van der Waals surface area contributed by atoms with Gasteiger partial charge in [0.15, 0.2) is 5.69 Å². The van der Waals surface area contributed by atoms with Crippen molar-refractivity contribution < 1.29 is 14.7 Å². The maximum Gasteiger partial charge on any atom is 0.339 e. The molecule has 2 aromatic rings. The van der Waals surface area contributed by atoms with Crippen LogP contribution in [0.1, 0.15) is 25.7 Å². The van der Waals surface area contributed by atoms with Crippen LogP contribution < -0.4 is 0 Å². The number of carbonyl (C=O) groups excluding carboxylic acids is 1. The Morgan fingerprint density at radius 3 is 2.65 bits per heavy atom. The second-order valence-electron chi connectivity index (χ2n) is 5.52. The smallest absolute Gasteiger partial charge is 0.339 e. The summed E-state index contributed by atoms with van der Waals surface area (Å²) < 4.78 is 1.36. The van der Waals surface area contributed by atoms with Gasteiger partial charge >= 0.3 is 5.97 Å². The fourth-order valence-electron chi connectivity index (χ4n) is 2.68. The Morgan fingerprint density at radius 2 is 2.04 bits per heavy atom. The van der Waals surface area contributed by atoms with E-state index in [2.05, 4.69) is 21.4 Å². The summed E-state index contributed by atoms with van der Waals surface area (Å²) >= 11 is 1.73. The topological polar surface area (TPSA) is 78.7 Å². The van der Waals surface area contributed by atoms with Crippen molar-refractivity contribution in [3.63, 3.8) is 0 Å². The summed E-state index contributed by atoms with van der Waals surface area (Å²) in [5.41, 5.74) is -0.0229. The van der Waals surface area contributed by atoms with Crippen molar-refractivity contribution in [1.82, 2.24) is 19.6 Å². The van der Waals surface area contributed by atoms with Gasteiger partial charge in [-0.25, -0.2) is 4.79 Å². The SMILES string of the molecule is Cn1cc(C(=O)O)c(C(=O)N2CCN(Cc3cccs3)CC2)n1. The van der Waals surface area contributed by atoms with E-state index in [0.29, 0.717) is 13.1 Å². The number of rotatable bonds is 4. The number of carboxylic acids is 1. The predicted octanol–water partition coefficient (Wildman–Crippen LogP) is 1.14. The Labute approximate surface area is 137 Å². The van der Waals surface area contributed by atoms with Crippen LogP contribution in [0.25, 0.3) is 0 Å². The van der Waals surface area contributed by atoms with Crippen molar-refractivity contribution in [2.75, 3.05) is 26.2 Å². The number of carbonyl (C=O) groups is 2. The first-order chi connectivity index (χ1) is 11.0. The number of aromatic nitrogens is 2. The molecule has 0 atom stereocenters. The van der Waals surface area contributed by atoms with Crippen molar-refractivity contribution in [1.29, 1.82) is 0 Å². The Bertz CT molecular complexity index is 702. The summed E-state index contributed by atoms with van der Waals surface area (Å²) in [7, 11) is 1.61. The van der Waals surface area contributed by atoms with E-state index in [1.165, 1.54) is 15.8 Å². The second-order valence-corrected chi connectivity index (χ2v) is 6.55. The average Bonchev–Trinajstić information content (AvgIpc) is 3.17. The van der Waals surface area contributed by atoms with E-state index in [0.717, 1.165) is 19.6 Å². The molecule has 8 heteroatoms. The lowest BCUT2D eigenvalue weighted by Gasteiger charge is -2.34. The highest BCUT2D eigenvalue weighted by Gasteiger charge is 2.28. The highest BCUT2D eigenvalue weighted by molar-refractivity contribution is 7.09. The highest BCUT2D eigenvalue weighted by Crippen LogP contribution is 2.16. The maximum absolute atomic E-state index is 12.5. The van der Waals surface area contributed by atoms with Gasteiger partial charge in [0, 0.05) is 50.8 Å². The summed E-state index contributed by atoms with van der Waals surface area (Å²) in [5.74, 6) is -1.43. The van der Waals surface area contributed by atoms with Gasteiger partial charge in [0.1, 0.15) is 5.56 Å². The van der Waals surface area contributed by atoms with Gasteiger partial charge in [-0.15, -0.1) is 11.3 Å². The molecule has 0 unspecified atom stereocenters. The molecule has 0 aromatic carbocycles. The third-order valence-electron chi connectivity index (χ3n) is 3.88. The molecular formula is C15H18N4O3S. The molecule has 122 valence electrons. The lowest BCUT2D eigenvalue weighted by Crippen LogP contribution is -2.48. The molecule has 0 radical (unpaired) electrons. The monoisotopic (exact) mass is 334 g/mol. The number of aromatic carboxylic acids is 1. The number of nitrogens with zero attached hydrogens (tertiary/aromatic N) is 4. The molecule has 0 spiro atoms. The van der Waals surface area contributed by atoms with E-state index < -0.39 is 5.97 Å². The maximum atomic E-state index is 12.5. The molecule has 1 aliphatic heterocycles. The van der Waals surface area contributed by atoms with Crippen molar-refractivity contribution in [2.24, 2.45) is 7.05 Å². The predicted molar refractivity (Wildman–Crippen MR) is 85.7 cm³/mol. The molecular weight excluding hydrogens is 316 g/mol. The molecule has 0 saturated carbocycles. The van der Waals surface area contributed by atoms with Crippen LogP contribution in [-0.2, 0) is 13.6 Å². The number of carboxylic acid groups (broad SMARTS) is 1. The molecule has 0 bridgehead atoms. The van der Waals surface area contributed by atoms with Crippen LogP contribution in [0.4, 0.5) is 0 Å². The van der Waals surface area contributed by atoms with Crippen molar-refractivity contribution in [3.05, 3.63) is 39.8 Å². The van der Waals surface area contributed by atoms with Crippen LogP contribution in [0.2, 0.25) is 0 Å². The van der Waals surface area contributed by atoms with Crippen molar-refractivity contribution in [3.8, 4) is 0 Å². The zero-order chi connectivity index (χ0) is 16.4. The Balaban J connectivity index is 1.63. The first-order valence-electron chi connectivity index (χ1n) is 7.35. The van der Waals surface area contributed by atoms with Crippen LogP contribution in [0.5, 0.6) is 0 Å². The lowest BCUT2D eigenvalue weighted by molar-refractivity contribution is 0.0605. The van der Waals surface area contributed by atoms with Crippen molar-refractivity contribution >= 4 is 23.2 Å². The molecule has 1 amide bonds. The number of amides is 1. The third kappa shape index (κ3) is 3.43. The van der Waals surface area contributed by atoms with Gasteiger partial charge in [-0.3, -0.25) is 14.4 Å². The van der Waals surface area contributed by atoms with Gasteiger partial charge < -0.3 is 10.0 Å². The van der Waals surface area contributed by atoms with Gasteiger partial charge in [-0.05, 0) is 11.4 Å². The Hall–Kier alpha value is -2.19. The summed E-state index contributed by atoms with van der Waals surface area (Å²) in [6.07, 6.45) is 1.36. The molecule has 1 fully saturated rings. The number of thiophene rings is 1. The third-order valence-corrected chi connectivity index (χ3v) is 4.74. The first kappa shape index (κ1) is 15.7. The van der Waals surface area contributed by atoms with E-state index in [1.807, 2.05) is 6.07 Å². The Kier molecular flexibility index (Phi) is 4.44. The fourth-order valence-corrected chi connectivity index (χ4v) is 3.43. The van der Waals surface area contributed by atoms with E-state index >= 15 is 0 Å². The zero-order valence-corrected chi connectivity index (χ0v) is 13.6. The summed E-state index contributed by atoms with van der Waals surface area (Å²) in [6.45, 7) is 3.61. The summed E-state index contributed by atoms with van der Waals surface area (Å²) in [5, 5.41) is 15.3. The molecule has 2 aromatic heterocycles. The zero-order valence-electron chi connectivity index (χ0n) is 12.8. The molecule has 0 aliphatic carbocycles. The van der Waals surface area contributed by atoms with Gasteiger partial charge in [0.25, 0.3) is 5.91 Å². The van der Waals surface area contributed by atoms with Crippen LogP contribution in [0, 0.1) is 0 Å². The summed E-state index contributed by atoms with van der Waals surface area (Å²) in [6, 6.07) is 4.14. The van der Waals surface area contributed by atoms with Gasteiger partial charge in [0.05, 0.1) is 0 Å². The van der Waals surface area contributed by atoms with Crippen LogP contribution in [-0.4, -0.2) is 62.7 Å². The fraction of sp³-hybridized carbons (Fsp3) is 0.400. The van der Waals surface area contributed by atoms with Gasteiger partial charge in [-0.1, -0.05) is 6.07 Å². The minimum Gasteiger partial charge on any atom is -0.478 e. The standard InChI is InChI=1S/C15H18N4O3S/c1-17-10-12(15(21)22)13(16-17)14(20)19-6-4-18(5-7-19)9-11-3-2-8-23-11/h2-3,8,10H,4-7,9H2,1H3,(H,21,22). The number of hydrogen-bond acceptors (Lipinski definition) is 5. The summed E-state index contributed by atoms with van der Waals surface area (Å²) in [4.78, 5) is 29.0. The quantitative estimate of drug-likeness (QED) is 0.907. The van der Waals surface area contributed by atoms with Gasteiger partial charge in [0.2, 0.25) is 0 Å². The van der Waals surface area contributed by atoms with Crippen LogP contribution >= 0.6 is 11.3 Å². The average molecular weight is 334 g/mol. The lowest BCUT2D eigenvalue weighted by atomic mass is 10.2. The molecule has 1 saturated heterocycles. The second kappa shape index (κ2) is 6.51. The van der Waals surface area contributed by atoms with Crippen LogP contribution in [0.3, 0.4) is 0 Å². The number of piperazine rings is 1. The van der Waals surface area contributed by atoms with Crippen molar-refractivity contribution in [2.45, 2.75) is 6.54 Å². The minimum atomic E-state index is -1.13. The first-order valence-corrected chi connectivity index (χ1v) is 8.23. The normalized spacial score (nSPS) is 15.8. The largest absolute Gasteiger partial charge is 0.478 e. The Morgan fingerprint density at radius 1 is 1.30 bits per heavy atom. The molecule has 1 aliphatic rings. The highest BCUT2D eigenvalue weighted by atomic mass is 32.1. The van der Waals surface area contributed by atoms with E-state index in [-0.39, 0.29) is 17.2 Å². The molecule has 1 N–H and O–H groups in total. The minimum absolute atomic E-state index is 0.0201. The van der Waals surface area contributed by atoms with Crippen LogP contribution in [0.15, 0.2) is 23.7 Å². The number of hydrogen-bond donors (Lipinski definition) is 1. The van der Waals surface area contributed by atoms with E-state index in [1.54, 1.807) is 23.3 Å².